The summed E-state index contributed by atoms with van der Waals surface area (Å²) in [5.74, 6) is -0.990. The number of aromatic nitrogens is 2. The lowest BCUT2D eigenvalue weighted by atomic mass is 10.1. The topological polar surface area (TPSA) is 119 Å². The highest BCUT2D eigenvalue weighted by Crippen LogP contribution is 2.39. The molecule has 1 aliphatic carbocycles. The maximum absolute atomic E-state index is 14.5. The van der Waals surface area contributed by atoms with Crippen LogP contribution in [0.25, 0.3) is 0 Å². The van der Waals surface area contributed by atoms with E-state index < -0.39 is 17.6 Å². The summed E-state index contributed by atoms with van der Waals surface area (Å²) >= 11 is 1.03. The van der Waals surface area contributed by atoms with Crippen molar-refractivity contribution in [2.45, 2.75) is 32.3 Å². The molecule has 3 aromatic rings. The Morgan fingerprint density at radius 1 is 1.16 bits per heavy atom. The van der Waals surface area contributed by atoms with Crippen LogP contribution in [-0.2, 0) is 0 Å². The number of nitrogens with two attached hydrogens (primary N) is 1. The molecule has 0 aliphatic heterocycles. The van der Waals surface area contributed by atoms with Gasteiger partial charge in [0.05, 0.1) is 18.0 Å². The van der Waals surface area contributed by atoms with E-state index in [1.54, 1.807) is 19.1 Å². The fraction of sp³-hybridized carbons (Fsp3) is 0.238. The van der Waals surface area contributed by atoms with Crippen LogP contribution in [0.5, 0.6) is 5.75 Å². The van der Waals surface area contributed by atoms with Gasteiger partial charge in [0, 0.05) is 5.69 Å². The van der Waals surface area contributed by atoms with Crippen molar-refractivity contribution in [1.29, 1.82) is 0 Å². The molecule has 10 heteroatoms. The molecule has 2 amide bonds. The molecular weight excluding hydrogens is 421 g/mol. The van der Waals surface area contributed by atoms with E-state index in [1.165, 1.54) is 24.5 Å². The van der Waals surface area contributed by atoms with Crippen LogP contribution in [0.3, 0.4) is 0 Å². The van der Waals surface area contributed by atoms with Crippen molar-refractivity contribution in [2.24, 2.45) is 0 Å². The standard InChI is InChI=1S/C21H20FN5O3S/c1-11-7-14(22)13(8-15(11)26-19(29)16-10-25-20(23)31-16)18(28)27-17-4-3-12(9-24-17)30-21(2)5-6-21/h3-4,7-10H,5-6H2,1-2H3,(H2,23,25)(H,26,29)(H,24,27,28). The molecular formula is C21H20FN5O3S. The molecule has 4 rings (SSSR count). The molecule has 0 unspecified atom stereocenters. The van der Waals surface area contributed by atoms with Crippen molar-refractivity contribution in [3.05, 3.63) is 58.5 Å². The Hall–Kier alpha value is -3.53. The number of thiazole rings is 1. The molecule has 2 aromatic heterocycles. The number of nitrogens with zero attached hydrogens (tertiary/aromatic N) is 2. The largest absolute Gasteiger partial charge is 0.486 e. The zero-order valence-corrected chi connectivity index (χ0v) is 17.7. The molecule has 1 fully saturated rings. The maximum atomic E-state index is 14.5. The number of ether oxygens (including phenoxy) is 1. The summed E-state index contributed by atoms with van der Waals surface area (Å²) in [5.41, 5.74) is 5.96. The van der Waals surface area contributed by atoms with Crippen LogP contribution >= 0.6 is 11.3 Å². The van der Waals surface area contributed by atoms with E-state index >= 15 is 0 Å². The monoisotopic (exact) mass is 441 g/mol. The van der Waals surface area contributed by atoms with Gasteiger partial charge in [0.15, 0.2) is 5.13 Å². The molecule has 1 aliphatic rings. The van der Waals surface area contributed by atoms with Crippen molar-refractivity contribution >= 4 is 39.8 Å². The van der Waals surface area contributed by atoms with E-state index in [1.807, 2.05) is 6.92 Å². The number of hydrogen-bond acceptors (Lipinski definition) is 7. The van der Waals surface area contributed by atoms with Gasteiger partial charge < -0.3 is 21.1 Å². The molecule has 0 radical (unpaired) electrons. The predicted octanol–water partition coefficient (Wildman–Crippen LogP) is 4.00. The maximum Gasteiger partial charge on any atom is 0.267 e. The first-order chi connectivity index (χ1) is 14.7. The number of benzene rings is 1. The van der Waals surface area contributed by atoms with Gasteiger partial charge in [-0.05, 0) is 56.5 Å². The Balaban J connectivity index is 1.48. The van der Waals surface area contributed by atoms with E-state index in [-0.39, 0.29) is 22.1 Å². The number of hydrogen-bond donors (Lipinski definition) is 3. The first kappa shape index (κ1) is 20.7. The molecule has 2 heterocycles. The average Bonchev–Trinajstić information content (AvgIpc) is 3.27. The van der Waals surface area contributed by atoms with E-state index in [4.69, 9.17) is 10.5 Å². The summed E-state index contributed by atoms with van der Waals surface area (Å²) in [5, 5.41) is 5.48. The zero-order valence-electron chi connectivity index (χ0n) is 16.9. The smallest absolute Gasteiger partial charge is 0.267 e. The third-order valence-corrected chi connectivity index (χ3v) is 5.68. The van der Waals surface area contributed by atoms with Crippen molar-refractivity contribution in [3.63, 3.8) is 0 Å². The Morgan fingerprint density at radius 2 is 1.94 bits per heavy atom. The van der Waals surface area contributed by atoms with Crippen LogP contribution in [-0.4, -0.2) is 27.4 Å². The van der Waals surface area contributed by atoms with Gasteiger partial charge in [-0.3, -0.25) is 9.59 Å². The number of rotatable bonds is 6. The fourth-order valence-corrected chi connectivity index (χ4v) is 3.40. The number of nitrogen functional groups attached to an aromatic ring is 1. The SMILES string of the molecule is Cc1cc(F)c(C(=O)Nc2ccc(OC3(C)CC3)cn2)cc1NC(=O)c1cnc(N)s1. The van der Waals surface area contributed by atoms with E-state index in [0.717, 1.165) is 24.2 Å². The Kier molecular flexibility index (Phi) is 5.32. The minimum Gasteiger partial charge on any atom is -0.486 e. The van der Waals surface area contributed by atoms with Crippen LogP contribution < -0.4 is 21.1 Å². The van der Waals surface area contributed by atoms with E-state index in [9.17, 15) is 14.0 Å². The van der Waals surface area contributed by atoms with Crippen LogP contribution in [0.2, 0.25) is 0 Å². The van der Waals surface area contributed by atoms with Crippen molar-refractivity contribution in [3.8, 4) is 5.75 Å². The lowest BCUT2D eigenvalue weighted by molar-refractivity contribution is 0.101. The lowest BCUT2D eigenvalue weighted by Gasteiger charge is -2.13. The van der Waals surface area contributed by atoms with Crippen LogP contribution in [0.1, 0.15) is 45.4 Å². The number of carbonyl (C=O) groups excluding carboxylic acids is 2. The normalized spacial score (nSPS) is 14.0. The molecule has 0 spiro atoms. The van der Waals surface area contributed by atoms with E-state index in [2.05, 4.69) is 20.6 Å². The molecule has 160 valence electrons. The predicted molar refractivity (Wildman–Crippen MR) is 116 cm³/mol. The summed E-state index contributed by atoms with van der Waals surface area (Å²) < 4.78 is 20.3. The zero-order chi connectivity index (χ0) is 22.2. The van der Waals surface area contributed by atoms with Crippen molar-refractivity contribution in [2.75, 3.05) is 16.4 Å². The number of amides is 2. The van der Waals surface area contributed by atoms with Gasteiger partial charge in [0.1, 0.15) is 27.9 Å². The molecule has 0 saturated heterocycles. The van der Waals surface area contributed by atoms with Gasteiger partial charge in [-0.2, -0.15) is 0 Å². The quantitative estimate of drug-likeness (QED) is 0.532. The van der Waals surface area contributed by atoms with E-state index in [0.29, 0.717) is 21.9 Å². The molecule has 8 nitrogen and oxygen atoms in total. The fourth-order valence-electron chi connectivity index (χ4n) is 2.82. The number of pyridine rings is 1. The summed E-state index contributed by atoms with van der Waals surface area (Å²) in [6.07, 6.45) is 4.85. The highest BCUT2D eigenvalue weighted by molar-refractivity contribution is 7.17. The van der Waals surface area contributed by atoms with Crippen LogP contribution in [0.4, 0.5) is 21.0 Å². The third kappa shape index (κ3) is 4.80. The van der Waals surface area contributed by atoms with Gasteiger partial charge >= 0.3 is 0 Å². The average molecular weight is 441 g/mol. The van der Waals surface area contributed by atoms with Gasteiger partial charge in [0.2, 0.25) is 0 Å². The lowest BCUT2D eigenvalue weighted by Crippen LogP contribution is -2.17. The number of carbonyl (C=O) groups is 2. The second-order valence-electron chi connectivity index (χ2n) is 7.55. The van der Waals surface area contributed by atoms with Crippen LogP contribution in [0.15, 0.2) is 36.7 Å². The Bertz CT molecular complexity index is 1160. The highest BCUT2D eigenvalue weighted by Gasteiger charge is 2.40. The van der Waals surface area contributed by atoms with Crippen molar-refractivity contribution < 1.29 is 18.7 Å². The highest BCUT2D eigenvalue weighted by atomic mass is 32.1. The summed E-state index contributed by atoms with van der Waals surface area (Å²) in [4.78, 5) is 33.3. The molecule has 4 N–H and O–H groups in total. The minimum atomic E-state index is -0.711. The number of anilines is 3. The van der Waals surface area contributed by atoms with Gasteiger partial charge in [-0.1, -0.05) is 11.3 Å². The first-order valence-corrected chi connectivity index (χ1v) is 10.3. The second kappa shape index (κ2) is 7.95. The molecule has 1 saturated carbocycles. The summed E-state index contributed by atoms with van der Waals surface area (Å²) in [7, 11) is 0. The number of halogens is 1. The van der Waals surface area contributed by atoms with Gasteiger partial charge in [0.25, 0.3) is 11.8 Å². The Morgan fingerprint density at radius 3 is 2.55 bits per heavy atom. The molecule has 0 atom stereocenters. The Labute approximate surface area is 181 Å². The summed E-state index contributed by atoms with van der Waals surface area (Å²) in [6.45, 7) is 3.64. The van der Waals surface area contributed by atoms with Crippen LogP contribution in [0, 0.1) is 12.7 Å². The van der Waals surface area contributed by atoms with Gasteiger partial charge in [-0.15, -0.1) is 0 Å². The van der Waals surface area contributed by atoms with Crippen molar-refractivity contribution in [1.82, 2.24) is 9.97 Å². The molecule has 0 bridgehead atoms. The van der Waals surface area contributed by atoms with Gasteiger partial charge in [-0.25, -0.2) is 14.4 Å². The summed E-state index contributed by atoms with van der Waals surface area (Å²) in [6, 6.07) is 5.76. The molecule has 31 heavy (non-hydrogen) atoms. The second-order valence-corrected chi connectivity index (χ2v) is 8.61. The number of aryl methyl sites for hydroxylation is 1. The first-order valence-electron chi connectivity index (χ1n) is 9.52. The molecule has 1 aromatic carbocycles. The number of nitrogens with one attached hydrogen (secondary N) is 2. The minimum absolute atomic E-state index is 0.136. The third-order valence-electron chi connectivity index (χ3n) is 4.85.